The molecule has 0 fully saturated rings. The number of nitrogens with zero attached hydrogens (tertiary/aromatic N) is 1. The predicted octanol–water partition coefficient (Wildman–Crippen LogP) is 3.46. The Labute approximate surface area is 125 Å². The van der Waals surface area contributed by atoms with Gasteiger partial charge in [0, 0.05) is 10.3 Å². The minimum atomic E-state index is -1.34. The molecule has 1 aromatic carbocycles. The van der Waals surface area contributed by atoms with E-state index < -0.39 is 16.8 Å². The maximum Gasteiger partial charge on any atom is 0.365 e. The third-order valence-corrected chi connectivity index (χ3v) is 5.12. The van der Waals surface area contributed by atoms with Gasteiger partial charge in [0.05, 0.1) is 32.3 Å². The highest BCUT2D eigenvalue weighted by Gasteiger charge is 2.13. The van der Waals surface area contributed by atoms with Crippen molar-refractivity contribution in [2.45, 2.75) is 10.6 Å². The van der Waals surface area contributed by atoms with Crippen molar-refractivity contribution in [2.75, 3.05) is 0 Å². The molecule has 0 aliphatic rings. The van der Waals surface area contributed by atoms with Crippen LogP contribution in [0.1, 0.15) is 15.5 Å². The van der Waals surface area contributed by atoms with E-state index >= 15 is 0 Å². The third kappa shape index (κ3) is 3.54. The smallest absolute Gasteiger partial charge is 0.365 e. The molecule has 1 unspecified atom stereocenters. The highest BCUT2D eigenvalue weighted by molar-refractivity contribution is 7.84. The first-order valence-corrected chi connectivity index (χ1v) is 7.94. The normalized spacial score (nSPS) is 12.3. The summed E-state index contributed by atoms with van der Waals surface area (Å²) in [6.45, 7) is 0. The fourth-order valence-corrected chi connectivity index (χ4v) is 3.48. The topological polar surface area (TPSA) is 67.3 Å². The maximum atomic E-state index is 12.1. The molecule has 2 rings (SSSR count). The zero-order chi connectivity index (χ0) is 14.0. The minimum Gasteiger partial charge on any atom is -0.476 e. The lowest BCUT2D eigenvalue weighted by molar-refractivity contribution is 0.0696. The number of carbonyl (C=O) groups is 1. The number of carboxylic acid groups (broad SMARTS) is 1. The summed E-state index contributed by atoms with van der Waals surface area (Å²) >= 11 is 12.6. The van der Waals surface area contributed by atoms with E-state index in [0.717, 1.165) is 11.3 Å². The Hall–Kier alpha value is -0.950. The van der Waals surface area contributed by atoms with Gasteiger partial charge in [-0.3, -0.25) is 4.21 Å². The van der Waals surface area contributed by atoms with Gasteiger partial charge in [0.2, 0.25) is 5.01 Å². The molecule has 0 saturated carbocycles. The lowest BCUT2D eigenvalue weighted by Gasteiger charge is -2.02. The van der Waals surface area contributed by atoms with Gasteiger partial charge in [0.15, 0.2) is 0 Å². The fraction of sp³-hybridized carbons (Fsp3) is 0.0909. The van der Waals surface area contributed by atoms with Crippen LogP contribution < -0.4 is 0 Å². The van der Waals surface area contributed by atoms with E-state index in [0.29, 0.717) is 20.6 Å². The first-order valence-electron chi connectivity index (χ1n) is 4.98. The Bertz CT molecular complexity index is 657. The van der Waals surface area contributed by atoms with Gasteiger partial charge in [-0.05, 0) is 18.2 Å². The average Bonchev–Trinajstić information content (AvgIpc) is 2.81. The van der Waals surface area contributed by atoms with Crippen LogP contribution in [-0.2, 0) is 16.6 Å². The fourth-order valence-electron chi connectivity index (χ4n) is 1.31. The van der Waals surface area contributed by atoms with Crippen molar-refractivity contribution in [3.8, 4) is 0 Å². The molecule has 1 aromatic heterocycles. The van der Waals surface area contributed by atoms with Crippen LogP contribution >= 0.6 is 34.5 Å². The molecule has 0 aliphatic heterocycles. The van der Waals surface area contributed by atoms with Crippen molar-refractivity contribution in [2.24, 2.45) is 0 Å². The lowest BCUT2D eigenvalue weighted by atomic mass is 10.4. The Kier molecular flexibility index (Phi) is 4.57. The molecule has 100 valence electrons. The van der Waals surface area contributed by atoms with Gasteiger partial charge in [-0.25, -0.2) is 9.78 Å². The number of thiazole rings is 1. The first kappa shape index (κ1) is 14.5. The highest BCUT2D eigenvalue weighted by Crippen LogP contribution is 2.25. The summed E-state index contributed by atoms with van der Waals surface area (Å²) in [6.07, 6.45) is 0. The number of rotatable bonds is 4. The van der Waals surface area contributed by atoms with Gasteiger partial charge >= 0.3 is 5.97 Å². The van der Waals surface area contributed by atoms with Gasteiger partial charge in [-0.1, -0.05) is 23.2 Å². The van der Waals surface area contributed by atoms with Crippen LogP contribution in [0, 0.1) is 0 Å². The molecule has 1 atom stereocenters. The lowest BCUT2D eigenvalue weighted by Crippen LogP contribution is -1.99. The van der Waals surface area contributed by atoms with Gasteiger partial charge in [-0.2, -0.15) is 0 Å². The summed E-state index contributed by atoms with van der Waals surface area (Å²) in [4.78, 5) is 15.1. The van der Waals surface area contributed by atoms with Crippen molar-refractivity contribution in [3.63, 3.8) is 0 Å². The highest BCUT2D eigenvalue weighted by atomic mass is 35.5. The Morgan fingerprint density at radius 3 is 2.68 bits per heavy atom. The van der Waals surface area contributed by atoms with Crippen molar-refractivity contribution >= 4 is 51.3 Å². The van der Waals surface area contributed by atoms with Crippen LogP contribution in [0.2, 0.25) is 10.0 Å². The zero-order valence-electron chi connectivity index (χ0n) is 9.30. The Morgan fingerprint density at radius 1 is 1.37 bits per heavy atom. The van der Waals surface area contributed by atoms with E-state index in [2.05, 4.69) is 4.98 Å². The summed E-state index contributed by atoms with van der Waals surface area (Å²) < 4.78 is 12.1. The van der Waals surface area contributed by atoms with Crippen molar-refractivity contribution in [1.29, 1.82) is 0 Å². The van der Waals surface area contributed by atoms with Crippen molar-refractivity contribution < 1.29 is 14.1 Å². The average molecular weight is 336 g/mol. The van der Waals surface area contributed by atoms with E-state index in [1.165, 1.54) is 6.07 Å². The number of carboxylic acids is 1. The standard InChI is InChI=1S/C11H7Cl2NO3S2/c12-8-2-1-7(3-9(8)13)19(17)5-6-4-18-10(14-6)11(15)16/h1-4H,5H2,(H,15,16). The molecule has 8 heteroatoms. The van der Waals surface area contributed by atoms with E-state index in [9.17, 15) is 9.00 Å². The van der Waals surface area contributed by atoms with E-state index in [1.54, 1.807) is 17.5 Å². The summed E-state index contributed by atoms with van der Waals surface area (Å²) in [5, 5.41) is 11.0. The minimum absolute atomic E-state index is 0.0128. The van der Waals surface area contributed by atoms with Gasteiger partial charge < -0.3 is 5.11 Å². The number of hydrogen-bond acceptors (Lipinski definition) is 4. The molecule has 4 nitrogen and oxygen atoms in total. The number of hydrogen-bond donors (Lipinski definition) is 1. The van der Waals surface area contributed by atoms with Crippen LogP contribution in [0.4, 0.5) is 0 Å². The number of aromatic carboxylic acids is 1. The molecule has 0 saturated heterocycles. The summed E-state index contributed by atoms with van der Waals surface area (Å²) in [6, 6.07) is 4.72. The SMILES string of the molecule is O=C(O)c1nc(CS(=O)c2ccc(Cl)c(Cl)c2)cs1. The number of benzene rings is 1. The van der Waals surface area contributed by atoms with Crippen LogP contribution in [0.25, 0.3) is 0 Å². The second-order valence-electron chi connectivity index (χ2n) is 3.51. The van der Waals surface area contributed by atoms with Gasteiger partial charge in [-0.15, -0.1) is 11.3 Å². The van der Waals surface area contributed by atoms with E-state index in [4.69, 9.17) is 28.3 Å². The molecule has 0 bridgehead atoms. The molecular formula is C11H7Cl2NO3S2. The van der Waals surface area contributed by atoms with Crippen LogP contribution in [0.15, 0.2) is 28.5 Å². The summed E-state index contributed by atoms with van der Waals surface area (Å²) in [5.74, 6) is -0.946. The molecule has 0 amide bonds. The van der Waals surface area contributed by atoms with Crippen LogP contribution in [0.3, 0.4) is 0 Å². The molecule has 1 heterocycles. The molecule has 0 aliphatic carbocycles. The van der Waals surface area contributed by atoms with Crippen molar-refractivity contribution in [1.82, 2.24) is 4.98 Å². The number of halogens is 2. The number of aromatic nitrogens is 1. The molecule has 0 spiro atoms. The summed E-state index contributed by atoms with van der Waals surface area (Å²) in [7, 11) is -1.34. The van der Waals surface area contributed by atoms with Crippen LogP contribution in [0.5, 0.6) is 0 Å². The van der Waals surface area contributed by atoms with Crippen LogP contribution in [-0.4, -0.2) is 20.3 Å². The monoisotopic (exact) mass is 335 g/mol. The Balaban J connectivity index is 2.15. The quantitative estimate of drug-likeness (QED) is 0.928. The van der Waals surface area contributed by atoms with E-state index in [-0.39, 0.29) is 10.8 Å². The first-order chi connectivity index (χ1) is 8.97. The third-order valence-electron chi connectivity index (χ3n) is 2.17. The molecular weight excluding hydrogens is 329 g/mol. The largest absolute Gasteiger partial charge is 0.476 e. The van der Waals surface area contributed by atoms with Gasteiger partial charge in [0.1, 0.15) is 0 Å². The molecule has 2 aromatic rings. The maximum absolute atomic E-state index is 12.1. The predicted molar refractivity (Wildman–Crippen MR) is 75.6 cm³/mol. The summed E-state index contributed by atoms with van der Waals surface area (Å²) in [5.41, 5.74) is 0.479. The van der Waals surface area contributed by atoms with Gasteiger partial charge in [0.25, 0.3) is 0 Å². The Morgan fingerprint density at radius 2 is 2.11 bits per heavy atom. The second kappa shape index (κ2) is 6.00. The zero-order valence-corrected chi connectivity index (χ0v) is 12.4. The van der Waals surface area contributed by atoms with E-state index in [1.807, 2.05) is 0 Å². The molecule has 19 heavy (non-hydrogen) atoms. The second-order valence-corrected chi connectivity index (χ2v) is 6.64. The molecule has 1 N–H and O–H groups in total. The van der Waals surface area contributed by atoms with Crippen molar-refractivity contribution in [3.05, 3.63) is 44.3 Å². The molecule has 0 radical (unpaired) electrons.